The number of hydrogen-bond donors (Lipinski definition) is 1. The minimum Gasteiger partial charge on any atom is -0.428 e. The Bertz CT molecular complexity index is 1560. The van der Waals surface area contributed by atoms with Gasteiger partial charge in [-0.2, -0.15) is 28.1 Å². The summed E-state index contributed by atoms with van der Waals surface area (Å²) in [5, 5.41) is 20.1. The third kappa shape index (κ3) is 4.52. The van der Waals surface area contributed by atoms with Crippen molar-refractivity contribution in [2.45, 2.75) is 24.9 Å². The van der Waals surface area contributed by atoms with Crippen molar-refractivity contribution in [1.29, 1.82) is 0 Å². The van der Waals surface area contributed by atoms with Gasteiger partial charge in [0, 0.05) is 5.02 Å². The molecule has 1 heterocycles. The molecule has 5 rings (SSSR count). The molecule has 0 saturated heterocycles. The first-order chi connectivity index (χ1) is 17.2. The Balaban J connectivity index is 1.64. The minimum absolute atomic E-state index is 0.223. The zero-order valence-corrected chi connectivity index (χ0v) is 19.5. The van der Waals surface area contributed by atoms with Gasteiger partial charge in [-0.1, -0.05) is 54.1 Å². The van der Waals surface area contributed by atoms with E-state index in [1.807, 2.05) is 30.3 Å². The van der Waals surface area contributed by atoms with E-state index < -0.39 is 11.7 Å². The molecule has 1 aliphatic rings. The van der Waals surface area contributed by atoms with Crippen LogP contribution in [0.4, 0.5) is 13.2 Å². The lowest BCUT2D eigenvalue weighted by atomic mass is 9.80. The van der Waals surface area contributed by atoms with Gasteiger partial charge < -0.3 is 5.21 Å². The smallest absolute Gasteiger partial charge is 0.416 e. The molecule has 5 nitrogen and oxygen atoms in total. The number of nitrogens with zero attached hydrogens (tertiary/aromatic N) is 3. The quantitative estimate of drug-likeness (QED) is 0.195. The second-order valence-corrected chi connectivity index (χ2v) is 8.99. The maximum atomic E-state index is 13.5. The number of pyridine rings is 1. The lowest BCUT2D eigenvalue weighted by Crippen LogP contribution is -2.31. The highest BCUT2D eigenvalue weighted by Crippen LogP contribution is 2.35. The normalized spacial score (nSPS) is 17.1. The summed E-state index contributed by atoms with van der Waals surface area (Å²) in [5.74, 6) is -0.326. The summed E-state index contributed by atoms with van der Waals surface area (Å²) >= 11 is 6.10. The van der Waals surface area contributed by atoms with Crippen LogP contribution >= 0.6 is 11.6 Å². The third-order valence-electron chi connectivity index (χ3n) is 6.27. The molecule has 1 aliphatic carbocycles. The van der Waals surface area contributed by atoms with Gasteiger partial charge >= 0.3 is 6.18 Å². The first-order valence-corrected chi connectivity index (χ1v) is 11.5. The van der Waals surface area contributed by atoms with Gasteiger partial charge in [0.25, 0.3) is 0 Å². The summed E-state index contributed by atoms with van der Waals surface area (Å²) in [4.78, 5) is 13.5. The zero-order valence-electron chi connectivity index (χ0n) is 18.7. The molecule has 4 aromatic rings. The van der Waals surface area contributed by atoms with Crippen molar-refractivity contribution in [1.82, 2.24) is 4.73 Å². The second kappa shape index (κ2) is 9.28. The van der Waals surface area contributed by atoms with Gasteiger partial charge in [-0.25, -0.2) is 0 Å². The molecule has 0 saturated carbocycles. The van der Waals surface area contributed by atoms with E-state index in [9.17, 15) is 23.2 Å². The van der Waals surface area contributed by atoms with E-state index in [-0.39, 0.29) is 40.7 Å². The molecular weight excluding hydrogens is 491 g/mol. The summed E-state index contributed by atoms with van der Waals surface area (Å²) < 4.78 is 40.1. The number of rotatable bonds is 3. The Kier molecular flexibility index (Phi) is 6.14. The van der Waals surface area contributed by atoms with Gasteiger partial charge in [0.15, 0.2) is 5.43 Å². The van der Waals surface area contributed by atoms with Crippen LogP contribution in [0.3, 0.4) is 0 Å². The third-order valence-corrected chi connectivity index (χ3v) is 6.50. The summed E-state index contributed by atoms with van der Waals surface area (Å²) in [5.41, 5.74) is 1.52. The average Bonchev–Trinajstić information content (AvgIpc) is 2.87. The fourth-order valence-electron chi connectivity index (χ4n) is 4.49. The van der Waals surface area contributed by atoms with E-state index >= 15 is 0 Å². The monoisotopic (exact) mass is 509 g/mol. The van der Waals surface area contributed by atoms with Crippen molar-refractivity contribution in [3.8, 4) is 0 Å². The number of halogens is 4. The van der Waals surface area contributed by atoms with Crippen molar-refractivity contribution in [2.75, 3.05) is 0 Å². The predicted octanol–water partition coefficient (Wildman–Crippen LogP) is 6.46. The van der Waals surface area contributed by atoms with Gasteiger partial charge in [0.2, 0.25) is 0 Å². The van der Waals surface area contributed by atoms with Crippen molar-refractivity contribution < 1.29 is 18.4 Å². The molecule has 0 amide bonds. The van der Waals surface area contributed by atoms with E-state index in [1.54, 1.807) is 18.3 Å². The molecule has 0 bridgehead atoms. The maximum absolute atomic E-state index is 13.5. The standard InChI is InChI=1S/C27H19ClF3N3O2/c28-20-10-11-23-21(14-20)26(35)25-22(33-32-15-16-4-2-1-3-5-16)12-18(13-24(25)34(23)36)17-6-8-19(9-7-17)27(29,30)31/h1-11,14-15,18,36H,12-13H2/b32-15+,33-22-. The van der Waals surface area contributed by atoms with Gasteiger partial charge in [0.05, 0.1) is 39.7 Å². The van der Waals surface area contributed by atoms with E-state index in [0.717, 1.165) is 22.4 Å². The van der Waals surface area contributed by atoms with Crippen LogP contribution in [0.1, 0.15) is 40.3 Å². The van der Waals surface area contributed by atoms with Crippen LogP contribution in [-0.2, 0) is 12.6 Å². The van der Waals surface area contributed by atoms with Crippen molar-refractivity contribution in [3.05, 3.63) is 116 Å². The number of benzene rings is 3. The van der Waals surface area contributed by atoms with Crippen molar-refractivity contribution >= 4 is 34.4 Å². The SMILES string of the molecule is O=c1c2c(n(O)c3ccc(Cl)cc13)CC(c1ccc(C(F)(F)F)cc1)C/C2=N/N=C/c1ccccc1. The highest BCUT2D eigenvalue weighted by molar-refractivity contribution is 6.31. The zero-order chi connectivity index (χ0) is 25.4. The Morgan fingerprint density at radius 1 is 1.00 bits per heavy atom. The molecule has 9 heteroatoms. The highest BCUT2D eigenvalue weighted by atomic mass is 35.5. The summed E-state index contributed by atoms with van der Waals surface area (Å²) in [6, 6.07) is 18.8. The van der Waals surface area contributed by atoms with Crippen LogP contribution in [0.2, 0.25) is 5.02 Å². The number of aromatic nitrogens is 1. The molecule has 1 unspecified atom stereocenters. The van der Waals surface area contributed by atoms with E-state index in [4.69, 9.17) is 11.6 Å². The van der Waals surface area contributed by atoms with Crippen LogP contribution in [0.15, 0.2) is 87.8 Å². The molecule has 0 aliphatic heterocycles. The van der Waals surface area contributed by atoms with Crippen molar-refractivity contribution in [3.63, 3.8) is 0 Å². The topological polar surface area (TPSA) is 67.0 Å². The average molecular weight is 510 g/mol. The fraction of sp³-hybridized carbons (Fsp3) is 0.148. The number of hydrogen-bond acceptors (Lipinski definition) is 4. The minimum atomic E-state index is -4.44. The van der Waals surface area contributed by atoms with E-state index in [1.165, 1.54) is 18.2 Å². The molecule has 0 fully saturated rings. The summed E-state index contributed by atoms with van der Waals surface area (Å²) in [6.45, 7) is 0. The number of fused-ring (bicyclic) bond motifs is 2. The molecule has 36 heavy (non-hydrogen) atoms. The first-order valence-electron chi connectivity index (χ1n) is 11.1. The summed E-state index contributed by atoms with van der Waals surface area (Å²) in [7, 11) is 0. The molecule has 1 N–H and O–H groups in total. The van der Waals surface area contributed by atoms with Gasteiger partial charge in [0.1, 0.15) is 0 Å². The lowest BCUT2D eigenvalue weighted by molar-refractivity contribution is -0.137. The largest absolute Gasteiger partial charge is 0.428 e. The molecule has 1 aromatic heterocycles. The lowest BCUT2D eigenvalue weighted by Gasteiger charge is -2.27. The predicted molar refractivity (Wildman–Crippen MR) is 133 cm³/mol. The van der Waals surface area contributed by atoms with Crippen LogP contribution < -0.4 is 5.43 Å². The molecule has 0 radical (unpaired) electrons. The van der Waals surface area contributed by atoms with Crippen molar-refractivity contribution in [2.24, 2.45) is 10.2 Å². The molecule has 0 spiro atoms. The Hall–Kier alpha value is -3.91. The Morgan fingerprint density at radius 3 is 2.42 bits per heavy atom. The molecule has 1 atom stereocenters. The molecular formula is C27H19ClF3N3O2. The van der Waals surface area contributed by atoms with E-state index in [2.05, 4.69) is 10.2 Å². The highest BCUT2D eigenvalue weighted by Gasteiger charge is 2.33. The first kappa shape index (κ1) is 23.8. The van der Waals surface area contributed by atoms with E-state index in [0.29, 0.717) is 22.0 Å². The number of alkyl halides is 3. The van der Waals surface area contributed by atoms with Crippen LogP contribution in [-0.4, -0.2) is 21.9 Å². The Labute approximate surface area is 208 Å². The molecule has 182 valence electrons. The van der Waals surface area contributed by atoms with Crippen LogP contribution in [0.5, 0.6) is 0 Å². The fourth-order valence-corrected chi connectivity index (χ4v) is 4.67. The summed E-state index contributed by atoms with van der Waals surface area (Å²) in [6.07, 6.45) is -2.41. The second-order valence-electron chi connectivity index (χ2n) is 8.55. The molecule has 3 aromatic carbocycles. The van der Waals surface area contributed by atoms with Crippen LogP contribution in [0, 0.1) is 0 Å². The van der Waals surface area contributed by atoms with Gasteiger partial charge in [-0.05, 0) is 60.2 Å². The van der Waals surface area contributed by atoms with Gasteiger partial charge in [-0.15, -0.1) is 0 Å². The maximum Gasteiger partial charge on any atom is 0.416 e. The van der Waals surface area contributed by atoms with Gasteiger partial charge in [-0.3, -0.25) is 4.79 Å². The van der Waals surface area contributed by atoms with Crippen LogP contribution in [0.25, 0.3) is 10.9 Å². The Morgan fingerprint density at radius 2 is 1.72 bits per heavy atom.